The molecule has 1 amide bonds. The number of benzene rings is 1. The monoisotopic (exact) mass is 457 g/mol. The van der Waals surface area contributed by atoms with Crippen molar-refractivity contribution in [1.29, 1.82) is 0 Å². The third-order valence-electron chi connectivity index (χ3n) is 6.25. The first-order chi connectivity index (χ1) is 16.5. The number of hydrogen-bond acceptors (Lipinski definition) is 5. The molecule has 2 aromatic rings. The molecular formula is C26H31N7O. The lowest BCUT2D eigenvalue weighted by Gasteiger charge is -2.24. The Bertz CT molecular complexity index is 1200. The maximum Gasteiger partial charge on any atom is 0.256 e. The van der Waals surface area contributed by atoms with Crippen LogP contribution < -0.4 is 10.7 Å². The van der Waals surface area contributed by atoms with Crippen LogP contribution in [0.15, 0.2) is 58.0 Å². The SMILES string of the molecule is C/C=N\NC(=NC1CC1)C1N=C(NC(=O)c2cc(C)cc(-n3cnc(C4CC4)c3)c2)C=C[C@H]1C. The smallest absolute Gasteiger partial charge is 0.256 e. The van der Waals surface area contributed by atoms with Crippen LogP contribution in [0.2, 0.25) is 0 Å². The maximum atomic E-state index is 13.2. The van der Waals surface area contributed by atoms with E-state index in [0.717, 1.165) is 35.6 Å². The van der Waals surface area contributed by atoms with Gasteiger partial charge in [0.2, 0.25) is 0 Å². The van der Waals surface area contributed by atoms with Crippen LogP contribution in [0.1, 0.15) is 67.1 Å². The first-order valence-corrected chi connectivity index (χ1v) is 12.0. The number of nitrogens with zero attached hydrogens (tertiary/aromatic N) is 5. The van der Waals surface area contributed by atoms with E-state index in [0.29, 0.717) is 23.4 Å². The number of carbonyl (C=O) groups is 1. The van der Waals surface area contributed by atoms with E-state index in [9.17, 15) is 4.79 Å². The quantitative estimate of drug-likeness (QED) is 0.391. The molecule has 1 aliphatic heterocycles. The molecule has 1 aromatic heterocycles. The second-order valence-corrected chi connectivity index (χ2v) is 9.41. The summed E-state index contributed by atoms with van der Waals surface area (Å²) in [5.74, 6) is 1.81. The van der Waals surface area contributed by atoms with Crippen LogP contribution in [-0.2, 0) is 0 Å². The Labute approximate surface area is 200 Å². The molecule has 2 N–H and O–H groups in total. The zero-order valence-electron chi connectivity index (χ0n) is 19.9. The van der Waals surface area contributed by atoms with Crippen LogP contribution in [0, 0.1) is 12.8 Å². The first-order valence-electron chi connectivity index (χ1n) is 12.0. The van der Waals surface area contributed by atoms with E-state index in [1.54, 1.807) is 6.21 Å². The predicted octanol–water partition coefficient (Wildman–Crippen LogP) is 3.92. The van der Waals surface area contributed by atoms with Crippen molar-refractivity contribution in [3.8, 4) is 5.69 Å². The van der Waals surface area contributed by atoms with E-state index in [4.69, 9.17) is 9.98 Å². The average Bonchev–Trinajstić information content (AvgIpc) is 3.77. The number of imidazole rings is 1. The summed E-state index contributed by atoms with van der Waals surface area (Å²) in [5.41, 5.74) is 6.70. The number of carbonyl (C=O) groups excluding carboxylic acids is 1. The van der Waals surface area contributed by atoms with Gasteiger partial charge in [-0.1, -0.05) is 13.0 Å². The van der Waals surface area contributed by atoms with Gasteiger partial charge < -0.3 is 9.88 Å². The standard InChI is InChI=1S/C26H31N7O/c1-4-28-32-25(29-20-8-9-20)24-17(3)5-10-23(30-24)31-26(34)19-11-16(2)12-21(13-19)33-14-22(27-15-33)18-6-7-18/h4-5,10-15,17-18,20,24H,6-9H2,1-3H3,(H,29,32)(H,30,31,34)/b28-4-/t17-,24?/m1/s1. The summed E-state index contributed by atoms with van der Waals surface area (Å²) < 4.78 is 1.99. The number of aryl methyl sites for hydroxylation is 1. The number of amidine groups is 2. The highest BCUT2D eigenvalue weighted by atomic mass is 16.1. The number of aromatic nitrogens is 2. The van der Waals surface area contributed by atoms with Crippen molar-refractivity contribution in [3.63, 3.8) is 0 Å². The summed E-state index contributed by atoms with van der Waals surface area (Å²) in [6, 6.07) is 5.97. The Morgan fingerprint density at radius 3 is 2.76 bits per heavy atom. The molecule has 8 heteroatoms. The lowest BCUT2D eigenvalue weighted by molar-refractivity contribution is 0.0977. The summed E-state index contributed by atoms with van der Waals surface area (Å²) in [6.07, 6.45) is 14.1. The van der Waals surface area contributed by atoms with Gasteiger partial charge in [0.05, 0.1) is 18.1 Å². The van der Waals surface area contributed by atoms with Gasteiger partial charge in [0.25, 0.3) is 5.91 Å². The van der Waals surface area contributed by atoms with Crippen LogP contribution in [-0.4, -0.2) is 45.4 Å². The van der Waals surface area contributed by atoms with E-state index >= 15 is 0 Å². The van der Waals surface area contributed by atoms with E-state index in [1.165, 1.54) is 12.8 Å². The summed E-state index contributed by atoms with van der Waals surface area (Å²) >= 11 is 0. The molecule has 176 valence electrons. The van der Waals surface area contributed by atoms with Crippen molar-refractivity contribution in [2.75, 3.05) is 0 Å². The number of aliphatic imine (C=N–C) groups is 2. The molecule has 0 spiro atoms. The zero-order valence-corrected chi connectivity index (χ0v) is 19.9. The Kier molecular flexibility index (Phi) is 6.13. The molecule has 34 heavy (non-hydrogen) atoms. The highest BCUT2D eigenvalue weighted by Crippen LogP contribution is 2.39. The number of rotatable bonds is 6. The number of nitrogens with one attached hydrogen (secondary N) is 2. The maximum absolute atomic E-state index is 13.2. The predicted molar refractivity (Wildman–Crippen MR) is 135 cm³/mol. The van der Waals surface area contributed by atoms with Crippen molar-refractivity contribution >= 4 is 23.8 Å². The molecule has 3 aliphatic rings. The summed E-state index contributed by atoms with van der Waals surface area (Å²) in [5, 5.41) is 7.15. The van der Waals surface area contributed by atoms with Crippen molar-refractivity contribution in [2.24, 2.45) is 21.0 Å². The van der Waals surface area contributed by atoms with Crippen LogP contribution in [0.4, 0.5) is 0 Å². The number of hydrogen-bond donors (Lipinski definition) is 2. The molecule has 1 aromatic carbocycles. The van der Waals surface area contributed by atoms with E-state index in [1.807, 2.05) is 43.0 Å². The minimum absolute atomic E-state index is 0.144. The molecule has 5 rings (SSSR count). The lowest BCUT2D eigenvalue weighted by atomic mass is 9.98. The molecule has 0 bridgehead atoms. The normalized spacial score (nSPS) is 22.7. The van der Waals surface area contributed by atoms with Gasteiger partial charge in [-0.25, -0.2) is 4.98 Å². The van der Waals surface area contributed by atoms with Gasteiger partial charge in [-0.15, -0.1) is 0 Å². The minimum atomic E-state index is -0.218. The topological polar surface area (TPSA) is 96.0 Å². The molecule has 2 fully saturated rings. The molecule has 0 saturated heterocycles. The van der Waals surface area contributed by atoms with Crippen LogP contribution in [0.5, 0.6) is 0 Å². The fraction of sp³-hybridized carbons (Fsp3) is 0.423. The molecule has 2 heterocycles. The second kappa shape index (κ2) is 9.37. The number of amides is 1. The third-order valence-corrected chi connectivity index (χ3v) is 6.25. The molecule has 2 aliphatic carbocycles. The molecule has 1 unspecified atom stereocenters. The van der Waals surface area contributed by atoms with E-state index in [-0.39, 0.29) is 17.9 Å². The van der Waals surface area contributed by atoms with E-state index < -0.39 is 0 Å². The first kappa shape index (κ1) is 22.3. The Balaban J connectivity index is 1.35. The molecule has 2 saturated carbocycles. The van der Waals surface area contributed by atoms with Crippen molar-refractivity contribution in [2.45, 2.75) is 64.5 Å². The van der Waals surface area contributed by atoms with Crippen LogP contribution in [0.25, 0.3) is 5.69 Å². The van der Waals surface area contributed by atoms with Gasteiger partial charge in [-0.05, 0) is 69.4 Å². The molecule has 0 radical (unpaired) electrons. The molecular weight excluding hydrogens is 426 g/mol. The van der Waals surface area contributed by atoms with Gasteiger partial charge in [-0.3, -0.25) is 20.2 Å². The molecule has 2 atom stereocenters. The van der Waals surface area contributed by atoms with Gasteiger partial charge in [0, 0.05) is 35.5 Å². The second-order valence-electron chi connectivity index (χ2n) is 9.41. The highest BCUT2D eigenvalue weighted by molar-refractivity contribution is 6.11. The summed E-state index contributed by atoms with van der Waals surface area (Å²) in [6.45, 7) is 5.94. The van der Waals surface area contributed by atoms with Gasteiger partial charge in [-0.2, -0.15) is 5.10 Å². The Morgan fingerprint density at radius 2 is 2.03 bits per heavy atom. The fourth-order valence-corrected chi connectivity index (χ4v) is 4.05. The Hall–Kier alpha value is -3.55. The third kappa shape index (κ3) is 5.16. The van der Waals surface area contributed by atoms with Crippen molar-refractivity contribution in [3.05, 3.63) is 59.7 Å². The van der Waals surface area contributed by atoms with Gasteiger partial charge in [0.1, 0.15) is 17.7 Å². The average molecular weight is 458 g/mol. The van der Waals surface area contributed by atoms with Crippen molar-refractivity contribution in [1.82, 2.24) is 20.3 Å². The van der Waals surface area contributed by atoms with Crippen molar-refractivity contribution < 1.29 is 4.79 Å². The highest BCUT2D eigenvalue weighted by Gasteiger charge is 2.29. The minimum Gasteiger partial charge on any atom is -0.307 e. The summed E-state index contributed by atoms with van der Waals surface area (Å²) in [7, 11) is 0. The lowest BCUT2D eigenvalue weighted by Crippen LogP contribution is -2.40. The summed E-state index contributed by atoms with van der Waals surface area (Å²) in [4.78, 5) is 27.3. The van der Waals surface area contributed by atoms with E-state index in [2.05, 4.69) is 46.1 Å². The van der Waals surface area contributed by atoms with Gasteiger partial charge >= 0.3 is 0 Å². The van der Waals surface area contributed by atoms with Crippen LogP contribution >= 0.6 is 0 Å². The molecule has 8 nitrogen and oxygen atoms in total. The zero-order chi connectivity index (χ0) is 23.7. The number of dihydropyridines is 1. The largest absolute Gasteiger partial charge is 0.307 e. The Morgan fingerprint density at radius 1 is 1.21 bits per heavy atom. The fourth-order valence-electron chi connectivity index (χ4n) is 4.05. The van der Waals surface area contributed by atoms with Gasteiger partial charge in [0.15, 0.2) is 0 Å². The van der Waals surface area contributed by atoms with Crippen LogP contribution in [0.3, 0.4) is 0 Å². The number of hydrazone groups is 1.